The van der Waals surface area contributed by atoms with E-state index in [4.69, 9.17) is 0 Å². The van der Waals surface area contributed by atoms with Gasteiger partial charge in [-0.3, -0.25) is 4.98 Å². The maximum atomic E-state index is 4.36. The van der Waals surface area contributed by atoms with Gasteiger partial charge in [-0.2, -0.15) is 5.10 Å². The zero-order chi connectivity index (χ0) is 13.9. The number of aromatic nitrogens is 6. The Kier molecular flexibility index (Phi) is 3.42. The van der Waals surface area contributed by atoms with Gasteiger partial charge in [-0.05, 0) is 13.5 Å². The number of hydrogen-bond donors (Lipinski definition) is 1. The molecule has 7 heteroatoms. The number of nitrogens with one attached hydrogen (secondary N) is 1. The average Bonchev–Trinajstić information content (AvgIpc) is 3.09. The first-order valence-corrected chi connectivity index (χ1v) is 6.68. The number of aryl methyl sites for hydroxylation is 1. The van der Waals surface area contributed by atoms with E-state index < -0.39 is 0 Å². The largest absolute Gasteiger partial charge is 0.308 e. The highest BCUT2D eigenvalue weighted by atomic mass is 15.4. The van der Waals surface area contributed by atoms with Crippen LogP contribution in [0.25, 0.3) is 5.52 Å². The fraction of sp³-hybridized carbons (Fsp3) is 0.385. The van der Waals surface area contributed by atoms with Crippen molar-refractivity contribution in [3.63, 3.8) is 0 Å². The Balaban J connectivity index is 2.07. The monoisotopic (exact) mass is 271 g/mol. The summed E-state index contributed by atoms with van der Waals surface area (Å²) in [6.45, 7) is 2.98. The molecule has 0 aromatic carbocycles. The molecule has 3 aromatic rings. The molecule has 0 radical (unpaired) electrons. The molecule has 0 aliphatic carbocycles. The highest BCUT2D eigenvalue weighted by molar-refractivity contribution is 5.54. The Morgan fingerprint density at radius 2 is 2.20 bits per heavy atom. The standard InChI is InChI=1S/C13H17N7/c1-3-5-20-12(9-16-18-20)13(14-2)10-7-17-19-6-4-15-8-11(10)19/h4,6-9,13-14H,3,5H2,1-2H3. The summed E-state index contributed by atoms with van der Waals surface area (Å²) in [5.74, 6) is 0. The van der Waals surface area contributed by atoms with E-state index in [0.717, 1.165) is 29.7 Å². The molecule has 0 aliphatic rings. The molecule has 20 heavy (non-hydrogen) atoms. The van der Waals surface area contributed by atoms with Gasteiger partial charge in [0.2, 0.25) is 0 Å². The Labute approximate surface area is 116 Å². The summed E-state index contributed by atoms with van der Waals surface area (Å²) in [5, 5.41) is 15.9. The lowest BCUT2D eigenvalue weighted by molar-refractivity contribution is 0.524. The molecule has 0 amide bonds. The lowest BCUT2D eigenvalue weighted by atomic mass is 10.1. The van der Waals surface area contributed by atoms with Crippen molar-refractivity contribution < 1.29 is 0 Å². The molecule has 1 atom stereocenters. The van der Waals surface area contributed by atoms with Gasteiger partial charge >= 0.3 is 0 Å². The molecule has 3 heterocycles. The summed E-state index contributed by atoms with van der Waals surface area (Å²) in [5.41, 5.74) is 3.09. The van der Waals surface area contributed by atoms with Crippen LogP contribution in [0.3, 0.4) is 0 Å². The molecule has 3 aromatic heterocycles. The molecule has 7 nitrogen and oxygen atoms in total. The summed E-state index contributed by atoms with van der Waals surface area (Å²) in [4.78, 5) is 4.18. The van der Waals surface area contributed by atoms with Gasteiger partial charge in [0.15, 0.2) is 0 Å². The van der Waals surface area contributed by atoms with Gasteiger partial charge in [-0.1, -0.05) is 12.1 Å². The number of fused-ring (bicyclic) bond motifs is 1. The lowest BCUT2D eigenvalue weighted by Gasteiger charge is -2.16. The molecular weight excluding hydrogens is 254 g/mol. The van der Waals surface area contributed by atoms with Gasteiger partial charge in [0.1, 0.15) is 0 Å². The summed E-state index contributed by atoms with van der Waals surface area (Å²) in [6.07, 6.45) is 10.1. The van der Waals surface area contributed by atoms with Gasteiger partial charge in [-0.15, -0.1) is 5.10 Å². The Bertz CT molecular complexity index is 699. The number of hydrogen-bond acceptors (Lipinski definition) is 5. The third-order valence-corrected chi connectivity index (χ3v) is 3.33. The predicted octanol–water partition coefficient (Wildman–Crippen LogP) is 1.04. The molecule has 1 N–H and O–H groups in total. The first-order chi connectivity index (χ1) is 9.85. The van der Waals surface area contributed by atoms with Crippen molar-refractivity contribution >= 4 is 5.52 Å². The van der Waals surface area contributed by atoms with Gasteiger partial charge < -0.3 is 5.32 Å². The van der Waals surface area contributed by atoms with E-state index in [1.165, 1.54) is 0 Å². The topological polar surface area (TPSA) is 72.9 Å². The first-order valence-electron chi connectivity index (χ1n) is 6.68. The quantitative estimate of drug-likeness (QED) is 0.750. The van der Waals surface area contributed by atoms with Gasteiger partial charge in [0.05, 0.1) is 35.8 Å². The molecule has 0 bridgehead atoms. The second-order valence-electron chi connectivity index (χ2n) is 4.61. The third kappa shape index (κ3) is 2.05. The van der Waals surface area contributed by atoms with E-state index in [1.807, 2.05) is 34.8 Å². The van der Waals surface area contributed by atoms with E-state index in [-0.39, 0.29) is 6.04 Å². The number of nitrogens with zero attached hydrogens (tertiary/aromatic N) is 6. The SMILES string of the molecule is CCCn1nncc1C(NC)c1cnn2ccncc12. The summed E-state index contributed by atoms with van der Waals surface area (Å²) < 4.78 is 3.75. The van der Waals surface area contributed by atoms with E-state index >= 15 is 0 Å². The maximum absolute atomic E-state index is 4.36. The van der Waals surface area contributed by atoms with E-state index in [9.17, 15) is 0 Å². The smallest absolute Gasteiger partial charge is 0.0896 e. The fourth-order valence-electron chi connectivity index (χ4n) is 2.41. The Morgan fingerprint density at radius 3 is 3.00 bits per heavy atom. The maximum Gasteiger partial charge on any atom is 0.0896 e. The molecular formula is C13H17N7. The van der Waals surface area contributed by atoms with Crippen molar-refractivity contribution in [3.8, 4) is 0 Å². The van der Waals surface area contributed by atoms with Crippen LogP contribution in [0, 0.1) is 0 Å². The minimum atomic E-state index is -0.00162. The van der Waals surface area contributed by atoms with Crippen LogP contribution in [-0.2, 0) is 6.54 Å². The van der Waals surface area contributed by atoms with Crippen LogP contribution in [0.15, 0.2) is 31.0 Å². The predicted molar refractivity (Wildman–Crippen MR) is 74.2 cm³/mol. The molecule has 104 valence electrons. The zero-order valence-corrected chi connectivity index (χ0v) is 11.6. The molecule has 0 saturated heterocycles. The van der Waals surface area contributed by atoms with E-state index in [2.05, 4.69) is 32.6 Å². The van der Waals surface area contributed by atoms with E-state index in [0.29, 0.717) is 0 Å². The molecule has 0 fully saturated rings. The fourth-order valence-corrected chi connectivity index (χ4v) is 2.41. The van der Waals surface area contributed by atoms with Crippen LogP contribution in [0.5, 0.6) is 0 Å². The third-order valence-electron chi connectivity index (χ3n) is 3.33. The van der Waals surface area contributed by atoms with Crippen LogP contribution in [0.2, 0.25) is 0 Å². The van der Waals surface area contributed by atoms with Crippen molar-refractivity contribution in [1.82, 2.24) is 34.9 Å². The second-order valence-corrected chi connectivity index (χ2v) is 4.61. The van der Waals surface area contributed by atoms with Crippen LogP contribution in [-0.4, -0.2) is 36.6 Å². The van der Waals surface area contributed by atoms with Gasteiger partial charge in [0.25, 0.3) is 0 Å². The second kappa shape index (κ2) is 5.38. The summed E-state index contributed by atoms with van der Waals surface area (Å²) in [6, 6.07) is -0.00162. The number of rotatable bonds is 5. The van der Waals surface area contributed by atoms with Crippen molar-refractivity contribution in [2.24, 2.45) is 0 Å². The minimum absolute atomic E-state index is 0.00162. The first kappa shape index (κ1) is 12.7. The van der Waals surface area contributed by atoms with Crippen LogP contribution in [0.1, 0.15) is 30.6 Å². The van der Waals surface area contributed by atoms with Crippen molar-refractivity contribution in [1.29, 1.82) is 0 Å². The highest BCUT2D eigenvalue weighted by Crippen LogP contribution is 2.24. The molecule has 1 unspecified atom stereocenters. The minimum Gasteiger partial charge on any atom is -0.308 e. The van der Waals surface area contributed by atoms with Crippen molar-refractivity contribution in [2.75, 3.05) is 7.05 Å². The van der Waals surface area contributed by atoms with Crippen LogP contribution < -0.4 is 5.32 Å². The Hall–Kier alpha value is -2.28. The van der Waals surface area contributed by atoms with E-state index in [1.54, 1.807) is 12.4 Å². The average molecular weight is 271 g/mol. The summed E-state index contributed by atoms with van der Waals surface area (Å²) in [7, 11) is 1.92. The highest BCUT2D eigenvalue weighted by Gasteiger charge is 2.21. The van der Waals surface area contributed by atoms with Crippen LogP contribution in [0.4, 0.5) is 0 Å². The van der Waals surface area contributed by atoms with Gasteiger partial charge in [0, 0.05) is 24.5 Å². The molecule has 0 aliphatic heterocycles. The van der Waals surface area contributed by atoms with Crippen LogP contribution >= 0.6 is 0 Å². The van der Waals surface area contributed by atoms with Crippen molar-refractivity contribution in [2.45, 2.75) is 25.9 Å². The zero-order valence-electron chi connectivity index (χ0n) is 11.6. The molecule has 0 saturated carbocycles. The molecule has 3 rings (SSSR count). The van der Waals surface area contributed by atoms with Gasteiger partial charge in [-0.25, -0.2) is 9.20 Å². The Morgan fingerprint density at radius 1 is 1.30 bits per heavy atom. The summed E-state index contributed by atoms with van der Waals surface area (Å²) >= 11 is 0. The van der Waals surface area contributed by atoms with Crippen molar-refractivity contribution in [3.05, 3.63) is 42.2 Å². The normalized spacial score (nSPS) is 12.9. The lowest BCUT2D eigenvalue weighted by Crippen LogP contribution is -2.21. The molecule has 0 spiro atoms.